The van der Waals surface area contributed by atoms with Crippen LogP contribution in [0.1, 0.15) is 577 Å². The quantitative estimate of drug-likeness (QED) is 0.0842. The Balaban J connectivity index is 0.000000595. The lowest BCUT2D eigenvalue weighted by Gasteiger charge is -2.28. The van der Waals surface area contributed by atoms with Crippen molar-refractivity contribution in [3.63, 3.8) is 0 Å². The number of unbranched alkanes of at least 4 members (excludes halogenated alkanes) is 2. The lowest BCUT2D eigenvalue weighted by Crippen LogP contribution is -2.15. The summed E-state index contributed by atoms with van der Waals surface area (Å²) in [4.78, 5) is 0. The molecule has 0 aliphatic heterocycles. The molecule has 0 heterocycles. The zero-order chi connectivity index (χ0) is 77.9. The van der Waals surface area contributed by atoms with E-state index in [1.807, 2.05) is 0 Å². The summed E-state index contributed by atoms with van der Waals surface area (Å²) in [5.41, 5.74) is 4.40. The van der Waals surface area contributed by atoms with Gasteiger partial charge in [-0.05, 0) is 155 Å². The van der Waals surface area contributed by atoms with E-state index in [4.69, 9.17) is 0 Å². The smallest absolute Gasteiger partial charge is 0.0380 e. The van der Waals surface area contributed by atoms with Crippen molar-refractivity contribution >= 4 is 0 Å². The molecule has 0 bridgehead atoms. The van der Waals surface area contributed by atoms with Crippen LogP contribution in [-0.2, 0) is 0 Å². The first-order valence-electron chi connectivity index (χ1n) is 48.6. The molecule has 624 valence electrons. The fourth-order valence-electron chi connectivity index (χ4n) is 19.4. The van der Waals surface area contributed by atoms with Crippen LogP contribution < -0.4 is 0 Å². The summed E-state index contributed by atoms with van der Waals surface area (Å²) in [6, 6.07) is 0. The van der Waals surface area contributed by atoms with Gasteiger partial charge in [0.15, 0.2) is 0 Å². The summed E-state index contributed by atoms with van der Waals surface area (Å²) < 4.78 is 0. The molecule has 0 aromatic carbocycles. The van der Waals surface area contributed by atoms with Crippen molar-refractivity contribution in [3.8, 4) is 0 Å². The predicted molar refractivity (Wildman–Crippen MR) is 479 cm³/mol. The van der Waals surface area contributed by atoms with Gasteiger partial charge in [-0.3, -0.25) is 0 Å². The Kier molecular flexibility index (Phi) is 56.8. The Labute approximate surface area is 663 Å². The molecule has 0 heteroatoms. The van der Waals surface area contributed by atoms with Gasteiger partial charge in [0, 0.05) is 0 Å². The van der Waals surface area contributed by atoms with E-state index in [-0.39, 0.29) is 0 Å². The van der Waals surface area contributed by atoms with Crippen LogP contribution in [0.5, 0.6) is 0 Å². The highest BCUT2D eigenvalue weighted by Gasteiger charge is 2.25. The van der Waals surface area contributed by atoms with E-state index in [2.05, 4.69) is 166 Å². The third-order valence-corrected chi connectivity index (χ3v) is 25.9. The van der Waals surface area contributed by atoms with Gasteiger partial charge in [-0.25, -0.2) is 0 Å². The molecule has 0 amide bonds. The van der Waals surface area contributed by atoms with Gasteiger partial charge in [0.1, 0.15) is 0 Å². The molecule has 8 aliphatic carbocycles. The van der Waals surface area contributed by atoms with Crippen molar-refractivity contribution in [2.75, 3.05) is 0 Å². The van der Waals surface area contributed by atoms with Crippen LogP contribution in [0, 0.1) is 90.7 Å². The van der Waals surface area contributed by atoms with Crippen molar-refractivity contribution in [2.45, 2.75) is 577 Å². The molecule has 0 N–H and O–H groups in total. The molecule has 8 aliphatic rings. The molecule has 0 spiro atoms. The van der Waals surface area contributed by atoms with Crippen molar-refractivity contribution in [1.82, 2.24) is 0 Å². The van der Waals surface area contributed by atoms with Crippen LogP contribution in [0.4, 0.5) is 0 Å². The maximum Gasteiger partial charge on any atom is -0.0380 e. The summed E-state index contributed by atoms with van der Waals surface area (Å²) in [5.74, 6) is 8.52. The van der Waals surface area contributed by atoms with E-state index in [0.29, 0.717) is 43.3 Å². The highest BCUT2D eigenvalue weighted by Crippen LogP contribution is 2.39. The third-order valence-electron chi connectivity index (χ3n) is 25.9. The molecule has 0 saturated heterocycles. The standard InChI is InChI=1S/C15H30.2C14H28.2C13H26.2C12H24.C11H22/c1-15(2,3)13-9-8-12-14-10-6-4-5-7-11-14;1-14(2,3)12-8-7-11-13-9-5-4-6-10-13;1-14(2,3)12-8-11-13-9-6-4-5-7-10-13;1-13(2,3)11-7-10-12-8-5-4-6-9-12;1-13(2,3)11-10-12-8-6-4-5-7-9-12;1-12(2,3)10-9-11-7-5-4-6-8-11;1-12(2,3)10-11-8-6-4-5-7-9-11;1-11(2,3)9-10-7-5-4-6-8-10/h14H,4-13H2,1-3H3;2*13H,4-12H2,1-3H3;2*12H,4-11H2,1-3H3;2*11H,4-10H2,1-3H3;10H,4-9H2,1-3H3. The average molecular weight is 1460 g/mol. The fourth-order valence-corrected chi connectivity index (χ4v) is 19.4. The minimum absolute atomic E-state index is 0.545. The molecule has 104 heavy (non-hydrogen) atoms. The second-order valence-electron chi connectivity index (χ2n) is 47.7. The van der Waals surface area contributed by atoms with Gasteiger partial charge in [-0.1, -0.05) is 513 Å². The van der Waals surface area contributed by atoms with E-state index in [1.54, 1.807) is 0 Å². The topological polar surface area (TPSA) is 0 Å². The molecule has 0 unspecified atom stereocenters. The second-order valence-corrected chi connectivity index (χ2v) is 47.7. The first-order chi connectivity index (χ1) is 48.6. The zero-order valence-corrected chi connectivity index (χ0v) is 77.9. The normalized spacial score (nSPS) is 21.0. The molecular weight excluding hydrogens is 1250 g/mol. The van der Waals surface area contributed by atoms with Crippen molar-refractivity contribution in [2.24, 2.45) is 90.7 Å². The highest BCUT2D eigenvalue weighted by molar-refractivity contribution is 4.77. The van der Waals surface area contributed by atoms with E-state index in [9.17, 15) is 0 Å². The minimum atomic E-state index is 0.545. The molecule has 8 fully saturated rings. The van der Waals surface area contributed by atoms with Crippen LogP contribution in [-0.4, -0.2) is 0 Å². The maximum absolute atomic E-state index is 2.37. The van der Waals surface area contributed by atoms with Gasteiger partial charge in [0.25, 0.3) is 0 Å². The first-order valence-corrected chi connectivity index (χ1v) is 48.6. The van der Waals surface area contributed by atoms with Crippen LogP contribution in [0.25, 0.3) is 0 Å². The van der Waals surface area contributed by atoms with E-state index in [1.165, 1.54) is 411 Å². The Morgan fingerprint density at radius 1 is 0.135 bits per heavy atom. The van der Waals surface area contributed by atoms with E-state index < -0.39 is 0 Å². The lowest BCUT2D eigenvalue weighted by atomic mass is 9.78. The van der Waals surface area contributed by atoms with Gasteiger partial charge in [-0.15, -0.1) is 0 Å². The average Bonchev–Trinajstić information content (AvgIpc) is 1.81. The monoisotopic (exact) mass is 1460 g/mol. The third kappa shape index (κ3) is 72.3. The van der Waals surface area contributed by atoms with E-state index >= 15 is 0 Å². The molecular formula is C104H208. The van der Waals surface area contributed by atoms with Crippen LogP contribution in [0.3, 0.4) is 0 Å². The minimum Gasteiger partial charge on any atom is -0.0602 e. The summed E-state index contributed by atoms with van der Waals surface area (Å²) in [7, 11) is 0. The van der Waals surface area contributed by atoms with Crippen LogP contribution in [0.15, 0.2) is 0 Å². The molecule has 0 atom stereocenters. The fraction of sp³-hybridized carbons (Fsp3) is 1.00. The predicted octanol–water partition coefficient (Wildman–Crippen LogP) is 38.3. The van der Waals surface area contributed by atoms with Crippen molar-refractivity contribution in [3.05, 3.63) is 0 Å². The van der Waals surface area contributed by atoms with Gasteiger partial charge in [-0.2, -0.15) is 0 Å². The Morgan fingerprint density at radius 3 is 0.452 bits per heavy atom. The molecule has 0 radical (unpaired) electrons. The zero-order valence-electron chi connectivity index (χ0n) is 77.9. The second kappa shape index (κ2) is 57.9. The lowest BCUT2D eigenvalue weighted by molar-refractivity contribution is 0.240. The maximum atomic E-state index is 2.37. The van der Waals surface area contributed by atoms with Gasteiger partial charge < -0.3 is 0 Å². The summed E-state index contributed by atoms with van der Waals surface area (Å²) in [5, 5.41) is 0. The van der Waals surface area contributed by atoms with Gasteiger partial charge in [0.2, 0.25) is 0 Å². The van der Waals surface area contributed by atoms with E-state index in [0.717, 1.165) is 47.3 Å². The molecule has 0 aromatic rings. The Bertz CT molecular complexity index is 1800. The number of rotatable bonds is 20. The van der Waals surface area contributed by atoms with Crippen molar-refractivity contribution in [1.29, 1.82) is 0 Å². The largest absolute Gasteiger partial charge is 0.0602 e. The summed E-state index contributed by atoms with van der Waals surface area (Å²) in [6.45, 7) is 56.7. The van der Waals surface area contributed by atoms with Crippen LogP contribution in [0.2, 0.25) is 0 Å². The van der Waals surface area contributed by atoms with Crippen molar-refractivity contribution < 1.29 is 0 Å². The summed E-state index contributed by atoms with van der Waals surface area (Å²) in [6.07, 6.45) is 95.1. The Morgan fingerprint density at radius 2 is 0.279 bits per heavy atom. The summed E-state index contributed by atoms with van der Waals surface area (Å²) >= 11 is 0. The number of hydrogen-bond donors (Lipinski definition) is 0. The number of hydrogen-bond acceptors (Lipinski definition) is 0. The SMILES string of the molecule is CC(C)(C)CC1CCCCC1.CC(C)(C)CC1CCCCCC1.CC(C)(C)CCC1CCCCC1.CC(C)(C)CCC1CCCCCC1.CC(C)(C)CCCC1CCCCC1.CC(C)(C)CCCC1CCCCCC1.CC(C)(C)CCCCC1CCCCC1.CC(C)(C)CCCCC1CCCCCC1. The van der Waals surface area contributed by atoms with Gasteiger partial charge >= 0.3 is 0 Å². The van der Waals surface area contributed by atoms with Gasteiger partial charge in [0.05, 0.1) is 0 Å². The first kappa shape index (κ1) is 102. The molecule has 8 rings (SSSR count). The van der Waals surface area contributed by atoms with Crippen LogP contribution >= 0.6 is 0 Å². The highest BCUT2D eigenvalue weighted by atomic mass is 14.3. The molecule has 0 nitrogen and oxygen atoms in total. The molecule has 0 aromatic heterocycles. The Hall–Kier alpha value is 0. The molecule has 8 saturated carbocycles.